The van der Waals surface area contributed by atoms with Crippen molar-refractivity contribution in [3.05, 3.63) is 50.1 Å². The molecule has 1 aliphatic rings. The van der Waals surface area contributed by atoms with E-state index in [0.29, 0.717) is 29.2 Å². The number of halogens is 1. The lowest BCUT2D eigenvalue weighted by atomic mass is 9.96. The van der Waals surface area contributed by atoms with Crippen LogP contribution in [0, 0.1) is 12.7 Å². The first-order valence-corrected chi connectivity index (χ1v) is 8.97. The lowest BCUT2D eigenvalue weighted by Crippen LogP contribution is -2.38. The molecule has 3 heterocycles. The minimum absolute atomic E-state index is 0.0917. The summed E-state index contributed by atoms with van der Waals surface area (Å²) in [6.45, 7) is 2.96. The zero-order valence-corrected chi connectivity index (χ0v) is 14.5. The highest BCUT2D eigenvalue weighted by Gasteiger charge is 2.28. The SMILES string of the molecule is Cc1[nH]c(=O)sc1C(=O)N1CCC(c2nc3ccc(F)cc3[nH]2)CC1. The summed E-state index contributed by atoms with van der Waals surface area (Å²) in [5, 5.41) is 0. The number of hydrogen-bond donors (Lipinski definition) is 2. The van der Waals surface area contributed by atoms with Crippen LogP contribution in [0.15, 0.2) is 23.0 Å². The summed E-state index contributed by atoms with van der Waals surface area (Å²) in [7, 11) is 0. The quantitative estimate of drug-likeness (QED) is 0.737. The number of benzene rings is 1. The number of hydrogen-bond acceptors (Lipinski definition) is 4. The number of nitrogens with zero attached hydrogens (tertiary/aromatic N) is 2. The first-order chi connectivity index (χ1) is 12.0. The van der Waals surface area contributed by atoms with Crippen LogP contribution in [0.5, 0.6) is 0 Å². The molecule has 2 N–H and O–H groups in total. The summed E-state index contributed by atoms with van der Waals surface area (Å²) in [4.78, 5) is 36.4. The van der Waals surface area contributed by atoms with Crippen molar-refractivity contribution < 1.29 is 9.18 Å². The van der Waals surface area contributed by atoms with E-state index in [0.717, 1.165) is 35.5 Å². The number of H-pyrrole nitrogens is 2. The third kappa shape index (κ3) is 2.97. The summed E-state index contributed by atoms with van der Waals surface area (Å²) in [5.74, 6) is 0.677. The first-order valence-electron chi connectivity index (χ1n) is 8.15. The average Bonchev–Trinajstić information content (AvgIpc) is 3.16. The van der Waals surface area contributed by atoms with Crippen molar-refractivity contribution in [3.8, 4) is 0 Å². The number of carbonyl (C=O) groups excluding carboxylic acids is 1. The minimum atomic E-state index is -0.288. The number of likely N-dealkylation sites (tertiary alicyclic amines) is 1. The van der Waals surface area contributed by atoms with E-state index in [1.165, 1.54) is 12.1 Å². The highest BCUT2D eigenvalue weighted by Crippen LogP contribution is 2.29. The fraction of sp³-hybridized carbons (Fsp3) is 0.353. The maximum absolute atomic E-state index is 13.3. The van der Waals surface area contributed by atoms with Gasteiger partial charge in [-0.25, -0.2) is 9.37 Å². The third-order valence-electron chi connectivity index (χ3n) is 4.65. The van der Waals surface area contributed by atoms with Crippen molar-refractivity contribution in [2.75, 3.05) is 13.1 Å². The van der Waals surface area contributed by atoms with E-state index in [9.17, 15) is 14.0 Å². The van der Waals surface area contributed by atoms with Gasteiger partial charge in [0.25, 0.3) is 5.91 Å². The Balaban J connectivity index is 1.48. The van der Waals surface area contributed by atoms with E-state index in [4.69, 9.17) is 0 Å². The molecule has 0 aliphatic carbocycles. The van der Waals surface area contributed by atoms with Gasteiger partial charge in [-0.15, -0.1) is 0 Å². The number of amides is 1. The molecule has 1 saturated heterocycles. The maximum Gasteiger partial charge on any atom is 0.305 e. The van der Waals surface area contributed by atoms with Crippen LogP contribution in [0.2, 0.25) is 0 Å². The molecule has 6 nitrogen and oxygen atoms in total. The number of fused-ring (bicyclic) bond motifs is 1. The normalized spacial score (nSPS) is 15.8. The predicted octanol–water partition coefficient (Wildman–Crippen LogP) is 2.78. The van der Waals surface area contributed by atoms with Crippen molar-refractivity contribution in [2.24, 2.45) is 0 Å². The molecule has 1 amide bonds. The van der Waals surface area contributed by atoms with E-state index in [-0.39, 0.29) is 22.5 Å². The lowest BCUT2D eigenvalue weighted by molar-refractivity contribution is 0.0715. The Morgan fingerprint density at radius 2 is 2.08 bits per heavy atom. The highest BCUT2D eigenvalue weighted by atomic mass is 32.1. The molecule has 130 valence electrons. The Bertz CT molecular complexity index is 998. The van der Waals surface area contributed by atoms with Crippen molar-refractivity contribution in [3.63, 3.8) is 0 Å². The number of nitrogens with one attached hydrogen (secondary N) is 2. The van der Waals surface area contributed by atoms with Gasteiger partial charge in [0.15, 0.2) is 0 Å². The Morgan fingerprint density at radius 1 is 1.32 bits per heavy atom. The van der Waals surface area contributed by atoms with Crippen LogP contribution in [0.25, 0.3) is 11.0 Å². The number of thiazole rings is 1. The largest absolute Gasteiger partial charge is 0.342 e. The number of imidazole rings is 1. The molecule has 8 heteroatoms. The van der Waals surface area contributed by atoms with Crippen LogP contribution in [0.1, 0.15) is 39.9 Å². The number of piperidine rings is 1. The van der Waals surface area contributed by atoms with Gasteiger partial charge in [0.05, 0.1) is 11.0 Å². The Hall–Kier alpha value is -2.48. The molecule has 0 atom stereocenters. The molecular formula is C17H17FN4O2S. The topological polar surface area (TPSA) is 81.8 Å². The Morgan fingerprint density at radius 3 is 2.76 bits per heavy atom. The number of carbonyl (C=O) groups is 1. The van der Waals surface area contributed by atoms with Crippen LogP contribution < -0.4 is 4.87 Å². The van der Waals surface area contributed by atoms with Gasteiger partial charge in [-0.3, -0.25) is 9.59 Å². The summed E-state index contributed by atoms with van der Waals surface area (Å²) >= 11 is 0.961. The van der Waals surface area contributed by atoms with Crippen LogP contribution in [-0.4, -0.2) is 38.8 Å². The molecule has 0 saturated carbocycles. The second-order valence-electron chi connectivity index (χ2n) is 6.32. The summed E-state index contributed by atoms with van der Waals surface area (Å²) in [6, 6.07) is 4.51. The van der Waals surface area contributed by atoms with Gasteiger partial charge in [-0.1, -0.05) is 11.3 Å². The predicted molar refractivity (Wildman–Crippen MR) is 93.6 cm³/mol. The van der Waals surface area contributed by atoms with Gasteiger partial charge in [-0.05, 0) is 38.0 Å². The Kier molecular flexibility index (Phi) is 3.91. The highest BCUT2D eigenvalue weighted by molar-refractivity contribution is 7.11. The maximum atomic E-state index is 13.3. The smallest absolute Gasteiger partial charge is 0.305 e. The zero-order valence-electron chi connectivity index (χ0n) is 13.6. The van der Waals surface area contributed by atoms with Crippen molar-refractivity contribution in [1.29, 1.82) is 0 Å². The van der Waals surface area contributed by atoms with Crippen LogP contribution >= 0.6 is 11.3 Å². The van der Waals surface area contributed by atoms with Crippen LogP contribution in [0.3, 0.4) is 0 Å². The lowest BCUT2D eigenvalue weighted by Gasteiger charge is -2.30. The fourth-order valence-corrected chi connectivity index (χ4v) is 4.11. The van der Waals surface area contributed by atoms with Gasteiger partial charge >= 0.3 is 4.87 Å². The first kappa shape index (κ1) is 16.0. The number of rotatable bonds is 2. The van der Waals surface area contributed by atoms with Gasteiger partial charge < -0.3 is 14.9 Å². The standard InChI is InChI=1S/C17H17FN4O2S/c1-9-14(25-17(24)19-9)16(23)22-6-4-10(5-7-22)15-20-12-3-2-11(18)8-13(12)21-15/h2-3,8,10H,4-7H2,1H3,(H,19,24)(H,20,21). The molecule has 0 spiro atoms. The van der Waals surface area contributed by atoms with Gasteiger partial charge in [-0.2, -0.15) is 0 Å². The molecule has 1 aromatic carbocycles. The summed E-state index contributed by atoms with van der Waals surface area (Å²) < 4.78 is 13.3. The molecule has 4 rings (SSSR count). The molecule has 0 unspecified atom stereocenters. The third-order valence-corrected chi connectivity index (χ3v) is 5.62. The average molecular weight is 360 g/mol. The van der Waals surface area contributed by atoms with Gasteiger partial charge in [0.2, 0.25) is 0 Å². The minimum Gasteiger partial charge on any atom is -0.342 e. The van der Waals surface area contributed by atoms with Crippen molar-refractivity contribution in [2.45, 2.75) is 25.7 Å². The monoisotopic (exact) mass is 360 g/mol. The van der Waals surface area contributed by atoms with Crippen molar-refractivity contribution >= 4 is 28.3 Å². The van der Waals surface area contributed by atoms with Crippen LogP contribution in [0.4, 0.5) is 4.39 Å². The molecule has 0 radical (unpaired) electrons. The summed E-state index contributed by atoms with van der Waals surface area (Å²) in [6.07, 6.45) is 1.57. The number of aromatic amines is 2. The molecule has 25 heavy (non-hydrogen) atoms. The van der Waals surface area contributed by atoms with Gasteiger partial charge in [0.1, 0.15) is 16.5 Å². The van der Waals surface area contributed by atoms with Crippen LogP contribution in [-0.2, 0) is 0 Å². The zero-order chi connectivity index (χ0) is 17.6. The number of aromatic nitrogens is 3. The summed E-state index contributed by atoms with van der Waals surface area (Å²) in [5.41, 5.74) is 2.07. The molecule has 1 fully saturated rings. The second kappa shape index (κ2) is 6.11. The van der Waals surface area contributed by atoms with Crippen molar-refractivity contribution in [1.82, 2.24) is 19.9 Å². The van der Waals surface area contributed by atoms with E-state index in [1.54, 1.807) is 17.9 Å². The van der Waals surface area contributed by atoms with Gasteiger partial charge in [0, 0.05) is 24.7 Å². The van der Waals surface area contributed by atoms with E-state index < -0.39 is 0 Å². The van der Waals surface area contributed by atoms with E-state index in [2.05, 4.69) is 15.0 Å². The fourth-order valence-electron chi connectivity index (χ4n) is 3.30. The Labute approximate surface area is 146 Å². The van der Waals surface area contributed by atoms with E-state index >= 15 is 0 Å². The molecule has 0 bridgehead atoms. The molecule has 2 aromatic heterocycles. The number of aryl methyl sites for hydroxylation is 1. The molecular weight excluding hydrogens is 343 g/mol. The second-order valence-corrected chi connectivity index (χ2v) is 7.30. The molecule has 3 aromatic rings. The molecule has 1 aliphatic heterocycles. The van der Waals surface area contributed by atoms with E-state index in [1.807, 2.05) is 0 Å².